The van der Waals surface area contributed by atoms with Gasteiger partial charge in [0.1, 0.15) is 18.0 Å². The average molecular weight is 363 g/mol. The molecular formula is C14H8BrFN4O2. The van der Waals surface area contributed by atoms with Crippen molar-refractivity contribution < 1.29 is 9.31 Å². The lowest BCUT2D eigenvalue weighted by atomic mass is 10.2. The van der Waals surface area contributed by atoms with Gasteiger partial charge in [-0.1, -0.05) is 0 Å². The zero-order valence-corrected chi connectivity index (χ0v) is 12.5. The lowest BCUT2D eigenvalue weighted by Gasteiger charge is -2.08. The van der Waals surface area contributed by atoms with Crippen LogP contribution in [0.1, 0.15) is 0 Å². The quantitative estimate of drug-likeness (QED) is 0.558. The molecule has 0 aliphatic carbocycles. The molecule has 3 aromatic rings. The zero-order valence-electron chi connectivity index (χ0n) is 11.0. The van der Waals surface area contributed by atoms with Crippen LogP contribution in [-0.4, -0.2) is 14.9 Å². The molecule has 0 spiro atoms. The maximum Gasteiger partial charge on any atom is 0.270 e. The number of halogens is 2. The number of rotatable bonds is 3. The normalized spacial score (nSPS) is 10.6. The summed E-state index contributed by atoms with van der Waals surface area (Å²) in [7, 11) is 0. The summed E-state index contributed by atoms with van der Waals surface area (Å²) >= 11 is 3.10. The van der Waals surface area contributed by atoms with Crippen molar-refractivity contribution in [1.29, 1.82) is 0 Å². The van der Waals surface area contributed by atoms with Gasteiger partial charge in [0.15, 0.2) is 0 Å². The molecule has 1 N–H and O–H groups in total. The van der Waals surface area contributed by atoms with E-state index < -0.39 is 4.92 Å². The molecule has 0 fully saturated rings. The number of hydrogen-bond donors (Lipinski definition) is 1. The van der Waals surface area contributed by atoms with E-state index in [-0.39, 0.29) is 11.5 Å². The van der Waals surface area contributed by atoms with Crippen molar-refractivity contribution in [1.82, 2.24) is 9.97 Å². The number of fused-ring (bicyclic) bond motifs is 1. The highest BCUT2D eigenvalue weighted by atomic mass is 79.9. The number of hydrogen-bond acceptors (Lipinski definition) is 5. The van der Waals surface area contributed by atoms with E-state index in [1.54, 1.807) is 18.2 Å². The fraction of sp³-hybridized carbons (Fsp3) is 0. The van der Waals surface area contributed by atoms with Crippen LogP contribution in [0.15, 0.2) is 47.2 Å². The first-order valence-corrected chi connectivity index (χ1v) is 6.95. The lowest BCUT2D eigenvalue weighted by Crippen LogP contribution is -1.97. The SMILES string of the molecule is O=[N+]([O-])c1ccc2ncnc(Nc3ccc(F)c(Br)c3)c2c1. The summed E-state index contributed by atoms with van der Waals surface area (Å²) in [6, 6.07) is 8.75. The van der Waals surface area contributed by atoms with Crippen molar-refractivity contribution in [2.24, 2.45) is 0 Å². The summed E-state index contributed by atoms with van der Waals surface area (Å²) in [4.78, 5) is 18.6. The van der Waals surface area contributed by atoms with Crippen molar-refractivity contribution >= 4 is 44.0 Å². The van der Waals surface area contributed by atoms with Gasteiger partial charge in [0.2, 0.25) is 0 Å². The highest BCUT2D eigenvalue weighted by Gasteiger charge is 2.11. The van der Waals surface area contributed by atoms with Gasteiger partial charge in [0.25, 0.3) is 5.69 Å². The van der Waals surface area contributed by atoms with Crippen molar-refractivity contribution in [3.63, 3.8) is 0 Å². The van der Waals surface area contributed by atoms with E-state index in [0.29, 0.717) is 26.9 Å². The molecule has 0 atom stereocenters. The molecule has 0 radical (unpaired) electrons. The van der Waals surface area contributed by atoms with E-state index in [9.17, 15) is 14.5 Å². The van der Waals surface area contributed by atoms with Crippen molar-refractivity contribution in [2.75, 3.05) is 5.32 Å². The Kier molecular flexibility index (Phi) is 3.68. The molecule has 3 rings (SSSR count). The second-order valence-corrected chi connectivity index (χ2v) is 5.29. The van der Waals surface area contributed by atoms with Crippen molar-refractivity contribution in [3.05, 3.63) is 63.1 Å². The minimum absolute atomic E-state index is 0.0503. The number of nitrogens with zero attached hydrogens (tertiary/aromatic N) is 3. The van der Waals surface area contributed by atoms with E-state index in [4.69, 9.17) is 0 Å². The Hall–Kier alpha value is -2.61. The van der Waals surface area contributed by atoms with Gasteiger partial charge in [-0.05, 0) is 40.2 Å². The molecule has 0 saturated heterocycles. The van der Waals surface area contributed by atoms with Gasteiger partial charge < -0.3 is 5.32 Å². The van der Waals surface area contributed by atoms with Crippen LogP contribution in [0.2, 0.25) is 0 Å². The topological polar surface area (TPSA) is 81.0 Å². The molecule has 22 heavy (non-hydrogen) atoms. The average Bonchev–Trinajstić information content (AvgIpc) is 2.51. The first kappa shape index (κ1) is 14.3. The lowest BCUT2D eigenvalue weighted by molar-refractivity contribution is -0.384. The fourth-order valence-electron chi connectivity index (χ4n) is 1.97. The molecule has 0 aliphatic heterocycles. The third kappa shape index (κ3) is 2.73. The number of anilines is 2. The van der Waals surface area contributed by atoms with E-state index >= 15 is 0 Å². The molecule has 6 nitrogen and oxygen atoms in total. The van der Waals surface area contributed by atoms with Gasteiger partial charge in [-0.25, -0.2) is 14.4 Å². The van der Waals surface area contributed by atoms with Gasteiger partial charge >= 0.3 is 0 Å². The van der Waals surface area contributed by atoms with E-state index in [0.717, 1.165) is 0 Å². The minimum Gasteiger partial charge on any atom is -0.340 e. The van der Waals surface area contributed by atoms with Crippen LogP contribution in [0.4, 0.5) is 21.6 Å². The number of aromatic nitrogens is 2. The Morgan fingerprint density at radius 1 is 1.18 bits per heavy atom. The highest BCUT2D eigenvalue weighted by molar-refractivity contribution is 9.10. The second kappa shape index (κ2) is 5.64. The summed E-state index contributed by atoms with van der Waals surface area (Å²) in [6.45, 7) is 0. The Morgan fingerprint density at radius 2 is 2.00 bits per heavy atom. The van der Waals surface area contributed by atoms with Crippen LogP contribution in [-0.2, 0) is 0 Å². The monoisotopic (exact) mass is 362 g/mol. The molecule has 8 heteroatoms. The fourth-order valence-corrected chi connectivity index (χ4v) is 2.35. The second-order valence-electron chi connectivity index (χ2n) is 4.43. The maximum absolute atomic E-state index is 13.3. The number of nitro groups is 1. The van der Waals surface area contributed by atoms with Crippen LogP contribution in [0.25, 0.3) is 10.9 Å². The smallest absolute Gasteiger partial charge is 0.270 e. The molecule has 0 bridgehead atoms. The minimum atomic E-state index is -0.481. The van der Waals surface area contributed by atoms with Crippen LogP contribution < -0.4 is 5.32 Å². The third-order valence-corrected chi connectivity index (χ3v) is 3.62. The summed E-state index contributed by atoms with van der Waals surface area (Å²) in [5, 5.41) is 14.4. The summed E-state index contributed by atoms with van der Waals surface area (Å²) in [6.07, 6.45) is 1.36. The molecule has 0 amide bonds. The summed E-state index contributed by atoms with van der Waals surface area (Å²) < 4.78 is 13.6. The van der Waals surface area contributed by atoms with Crippen LogP contribution in [0.5, 0.6) is 0 Å². The van der Waals surface area contributed by atoms with E-state index in [1.165, 1.54) is 24.5 Å². The molecule has 110 valence electrons. The maximum atomic E-state index is 13.3. The van der Waals surface area contributed by atoms with Gasteiger partial charge in [0, 0.05) is 23.2 Å². The van der Waals surface area contributed by atoms with Gasteiger partial charge in [-0.2, -0.15) is 0 Å². The summed E-state index contributed by atoms with van der Waals surface area (Å²) in [5.74, 6) is 0.0286. The predicted octanol–water partition coefficient (Wildman–Crippen LogP) is 4.18. The van der Waals surface area contributed by atoms with Crippen LogP contribution in [0, 0.1) is 15.9 Å². The highest BCUT2D eigenvalue weighted by Crippen LogP contribution is 2.28. The molecule has 2 aromatic carbocycles. The Morgan fingerprint density at radius 3 is 2.73 bits per heavy atom. The van der Waals surface area contributed by atoms with Crippen molar-refractivity contribution in [2.45, 2.75) is 0 Å². The van der Waals surface area contributed by atoms with Gasteiger partial charge in [0.05, 0.1) is 14.9 Å². The Bertz CT molecular complexity index is 888. The summed E-state index contributed by atoms with van der Waals surface area (Å²) in [5.41, 5.74) is 1.12. The Labute approximate surface area is 132 Å². The molecule has 0 saturated carbocycles. The molecular weight excluding hydrogens is 355 g/mol. The largest absolute Gasteiger partial charge is 0.340 e. The number of non-ortho nitro benzene ring substituents is 1. The van der Waals surface area contributed by atoms with Crippen molar-refractivity contribution in [3.8, 4) is 0 Å². The van der Waals surface area contributed by atoms with Gasteiger partial charge in [-0.15, -0.1) is 0 Å². The molecule has 0 aliphatic rings. The van der Waals surface area contributed by atoms with Gasteiger partial charge in [-0.3, -0.25) is 10.1 Å². The molecule has 1 heterocycles. The number of nitrogens with one attached hydrogen (secondary N) is 1. The predicted molar refractivity (Wildman–Crippen MR) is 83.6 cm³/mol. The number of benzene rings is 2. The molecule has 1 aromatic heterocycles. The van der Waals surface area contributed by atoms with Crippen LogP contribution in [0.3, 0.4) is 0 Å². The van der Waals surface area contributed by atoms with Crippen LogP contribution >= 0.6 is 15.9 Å². The standard InChI is InChI=1S/C14H8BrFN4O2/c15-11-5-8(1-3-12(11)16)19-14-10-6-9(20(21)22)2-4-13(10)17-7-18-14/h1-7H,(H,17,18,19). The first-order valence-electron chi connectivity index (χ1n) is 6.16. The van der Waals surface area contributed by atoms with E-state index in [1.807, 2.05) is 0 Å². The number of nitro benzene ring substituents is 1. The zero-order chi connectivity index (χ0) is 15.7. The van der Waals surface area contributed by atoms with E-state index in [2.05, 4.69) is 31.2 Å². The Balaban J connectivity index is 2.07. The third-order valence-electron chi connectivity index (χ3n) is 3.01. The molecule has 0 unspecified atom stereocenters. The first-order chi connectivity index (χ1) is 10.5.